The van der Waals surface area contributed by atoms with Crippen molar-refractivity contribution in [2.45, 2.75) is 32.2 Å². The second-order valence-corrected chi connectivity index (χ2v) is 8.41. The van der Waals surface area contributed by atoms with E-state index in [2.05, 4.69) is 0 Å². The Morgan fingerprint density at radius 1 is 1.18 bits per heavy atom. The fourth-order valence-electron chi connectivity index (χ4n) is 1.24. The third kappa shape index (κ3) is 8.21. The van der Waals surface area contributed by atoms with Crippen LogP contribution < -0.4 is 4.90 Å². The number of quaternary nitrogens is 1. The summed E-state index contributed by atoms with van der Waals surface area (Å²) in [5.41, 5.74) is -0.525. The highest BCUT2D eigenvalue weighted by molar-refractivity contribution is 7.91. The first-order valence-corrected chi connectivity index (χ1v) is 8.18. The molecule has 0 aromatic heterocycles. The Morgan fingerprint density at radius 3 is 2.12 bits per heavy atom. The predicted molar refractivity (Wildman–Crippen MR) is 73.2 cm³/mol. The maximum Gasteiger partial charge on any atom is 0.150 e. The number of nitrogens with zero attached hydrogens (tertiary/aromatic N) is 1. The van der Waals surface area contributed by atoms with E-state index in [9.17, 15) is 8.42 Å². The molecule has 0 atom stereocenters. The summed E-state index contributed by atoms with van der Waals surface area (Å²) in [5.74, 6) is 0.359. The Kier molecular flexibility index (Phi) is 7.33. The average Bonchev–Trinajstić information content (AvgIpc) is 2.14. The molecule has 0 amide bonds. The van der Waals surface area contributed by atoms with Gasteiger partial charge in [0.15, 0.2) is 9.84 Å². The summed E-state index contributed by atoms with van der Waals surface area (Å²) in [6.45, 7) is 4.48. The molecule has 0 aromatic rings. The fourth-order valence-corrected chi connectivity index (χ4v) is 3.01. The molecule has 104 valence electrons. The van der Waals surface area contributed by atoms with E-state index in [1.807, 2.05) is 27.9 Å². The van der Waals surface area contributed by atoms with Crippen LogP contribution >= 0.6 is 23.6 Å². The van der Waals surface area contributed by atoms with Gasteiger partial charge in [0, 0.05) is 12.0 Å². The summed E-state index contributed by atoms with van der Waals surface area (Å²) in [5, 5.41) is 0. The van der Waals surface area contributed by atoms with Gasteiger partial charge in [-0.25, -0.2) is 8.42 Å². The van der Waals surface area contributed by atoms with Gasteiger partial charge in [-0.05, 0) is 43.8 Å². The van der Waals surface area contributed by atoms with Crippen LogP contribution in [0.3, 0.4) is 0 Å². The molecule has 0 spiro atoms. The standard InChI is InChI=1S/C10H22Cl2N2O2S/c1-10(2,14(11)12)6-9-17(15,16)8-5-7-13(3)4/h5-9H2,1-4H3/p+1. The molecule has 0 heterocycles. The van der Waals surface area contributed by atoms with Crippen molar-refractivity contribution in [3.05, 3.63) is 0 Å². The Bertz CT molecular complexity index is 316. The number of hydrogen-bond donors (Lipinski definition) is 1. The number of hydrogen-bond acceptors (Lipinski definition) is 3. The lowest BCUT2D eigenvalue weighted by Crippen LogP contribution is -3.05. The first-order chi connectivity index (χ1) is 7.57. The first-order valence-electron chi connectivity index (χ1n) is 5.68. The smallest absolute Gasteiger partial charge is 0.150 e. The zero-order valence-electron chi connectivity index (χ0n) is 11.0. The van der Waals surface area contributed by atoms with Gasteiger partial charge in [-0.1, -0.05) is 0 Å². The molecule has 0 saturated heterocycles. The monoisotopic (exact) mass is 305 g/mol. The van der Waals surface area contributed by atoms with Crippen molar-refractivity contribution in [1.29, 1.82) is 0 Å². The molecular weight excluding hydrogens is 283 g/mol. The Hall–Kier alpha value is 0.450. The maximum absolute atomic E-state index is 11.8. The van der Waals surface area contributed by atoms with Crippen molar-refractivity contribution < 1.29 is 13.3 Å². The number of nitrogens with one attached hydrogen (secondary N) is 1. The lowest BCUT2D eigenvalue weighted by atomic mass is 10.0. The minimum atomic E-state index is -3.00. The van der Waals surface area contributed by atoms with Gasteiger partial charge in [0.25, 0.3) is 0 Å². The molecule has 1 N–H and O–H groups in total. The van der Waals surface area contributed by atoms with Gasteiger partial charge >= 0.3 is 0 Å². The summed E-state index contributed by atoms with van der Waals surface area (Å²) < 4.78 is 24.6. The number of rotatable bonds is 8. The van der Waals surface area contributed by atoms with Crippen LogP contribution in [0, 0.1) is 0 Å². The van der Waals surface area contributed by atoms with Crippen molar-refractivity contribution >= 4 is 33.4 Å². The summed E-state index contributed by atoms with van der Waals surface area (Å²) in [6.07, 6.45) is 1.12. The van der Waals surface area contributed by atoms with E-state index in [-0.39, 0.29) is 11.5 Å². The highest BCUT2D eigenvalue weighted by Crippen LogP contribution is 2.24. The summed E-state index contributed by atoms with van der Waals surface area (Å²) >= 11 is 11.3. The Morgan fingerprint density at radius 2 is 1.71 bits per heavy atom. The van der Waals surface area contributed by atoms with Gasteiger partial charge < -0.3 is 4.90 Å². The van der Waals surface area contributed by atoms with Crippen molar-refractivity contribution in [3.63, 3.8) is 0 Å². The van der Waals surface area contributed by atoms with Crippen LogP contribution in [0.4, 0.5) is 0 Å². The minimum absolute atomic E-state index is 0.124. The fraction of sp³-hybridized carbons (Fsp3) is 1.00. The SMILES string of the molecule is C[NH+](C)CCCS(=O)(=O)CCC(C)(C)N(Cl)Cl. The summed E-state index contributed by atoms with van der Waals surface area (Å²) in [4.78, 5) is 1.26. The molecule has 7 heteroatoms. The highest BCUT2D eigenvalue weighted by atomic mass is 35.5. The molecule has 0 aliphatic rings. The van der Waals surface area contributed by atoms with Gasteiger partial charge in [0.2, 0.25) is 0 Å². The molecule has 0 rings (SSSR count). The molecular formula is C10H23Cl2N2O2S+. The van der Waals surface area contributed by atoms with Crippen molar-refractivity contribution in [1.82, 2.24) is 3.94 Å². The van der Waals surface area contributed by atoms with Crippen LogP contribution in [-0.2, 0) is 9.84 Å². The van der Waals surface area contributed by atoms with Gasteiger partial charge in [0.1, 0.15) is 0 Å². The molecule has 0 radical (unpaired) electrons. The van der Waals surface area contributed by atoms with Crippen LogP contribution in [0.25, 0.3) is 0 Å². The van der Waals surface area contributed by atoms with E-state index in [0.717, 1.165) is 10.5 Å². The average molecular weight is 306 g/mol. The quantitative estimate of drug-likeness (QED) is 0.672. The molecule has 0 aliphatic carbocycles. The lowest BCUT2D eigenvalue weighted by molar-refractivity contribution is -0.858. The molecule has 4 nitrogen and oxygen atoms in total. The molecule has 0 saturated carbocycles. The van der Waals surface area contributed by atoms with E-state index in [0.29, 0.717) is 12.8 Å². The van der Waals surface area contributed by atoms with E-state index in [1.165, 1.54) is 4.90 Å². The topological polar surface area (TPSA) is 41.8 Å². The van der Waals surface area contributed by atoms with E-state index >= 15 is 0 Å². The Labute approximate surface area is 115 Å². The molecule has 0 bridgehead atoms. The molecule has 17 heavy (non-hydrogen) atoms. The molecule has 0 unspecified atom stereocenters. The molecule has 0 fully saturated rings. The van der Waals surface area contributed by atoms with E-state index < -0.39 is 15.4 Å². The predicted octanol–water partition coefficient (Wildman–Crippen LogP) is 0.714. The zero-order chi connectivity index (χ0) is 13.7. The Balaban J connectivity index is 4.11. The van der Waals surface area contributed by atoms with Crippen LogP contribution in [0.2, 0.25) is 0 Å². The van der Waals surface area contributed by atoms with Crippen molar-refractivity contribution in [2.75, 3.05) is 32.1 Å². The van der Waals surface area contributed by atoms with Crippen LogP contribution in [-0.4, -0.2) is 50.0 Å². The molecule has 0 aliphatic heterocycles. The first kappa shape index (κ1) is 17.4. The second kappa shape index (κ2) is 7.14. The van der Waals surface area contributed by atoms with E-state index in [1.54, 1.807) is 0 Å². The van der Waals surface area contributed by atoms with Gasteiger partial charge in [-0.15, -0.1) is 3.94 Å². The van der Waals surface area contributed by atoms with Crippen LogP contribution in [0.15, 0.2) is 0 Å². The third-order valence-corrected chi connectivity index (χ3v) is 5.27. The van der Waals surface area contributed by atoms with Gasteiger partial charge in [-0.3, -0.25) is 0 Å². The normalized spacial score (nSPS) is 13.6. The van der Waals surface area contributed by atoms with Crippen molar-refractivity contribution in [3.8, 4) is 0 Å². The van der Waals surface area contributed by atoms with Crippen LogP contribution in [0.1, 0.15) is 26.7 Å². The number of sulfone groups is 1. The highest BCUT2D eigenvalue weighted by Gasteiger charge is 2.26. The second-order valence-electron chi connectivity index (χ2n) is 5.26. The largest absolute Gasteiger partial charge is 0.340 e. The lowest BCUT2D eigenvalue weighted by Gasteiger charge is -2.27. The maximum atomic E-state index is 11.8. The minimum Gasteiger partial charge on any atom is -0.340 e. The van der Waals surface area contributed by atoms with E-state index in [4.69, 9.17) is 23.6 Å². The van der Waals surface area contributed by atoms with Gasteiger partial charge in [-0.2, -0.15) is 0 Å². The molecule has 0 aromatic carbocycles. The number of halogens is 2. The summed E-state index contributed by atoms with van der Waals surface area (Å²) in [7, 11) is 1.02. The third-order valence-electron chi connectivity index (χ3n) is 2.61. The zero-order valence-corrected chi connectivity index (χ0v) is 13.3. The van der Waals surface area contributed by atoms with Crippen molar-refractivity contribution in [2.24, 2.45) is 0 Å². The summed E-state index contributed by atoms with van der Waals surface area (Å²) in [6, 6.07) is 0. The van der Waals surface area contributed by atoms with Crippen LogP contribution in [0.5, 0.6) is 0 Å². The van der Waals surface area contributed by atoms with Gasteiger partial charge in [0.05, 0.1) is 32.1 Å².